The van der Waals surface area contributed by atoms with E-state index >= 15 is 0 Å². The summed E-state index contributed by atoms with van der Waals surface area (Å²) in [6.07, 6.45) is 16.1. The van der Waals surface area contributed by atoms with E-state index in [1.54, 1.807) is 45.3 Å². The third-order valence-electron chi connectivity index (χ3n) is 15.6. The Balaban J connectivity index is 1.02. The van der Waals surface area contributed by atoms with Gasteiger partial charge >= 0.3 is 0 Å². The first kappa shape index (κ1) is 49.6. The van der Waals surface area contributed by atoms with Gasteiger partial charge in [0.05, 0.1) is 0 Å². The number of hydrogen-bond acceptors (Lipinski definition) is 9. The van der Waals surface area contributed by atoms with Gasteiger partial charge in [0.1, 0.15) is 42.6 Å². The number of fused-ring (bicyclic) bond motifs is 4. The summed E-state index contributed by atoms with van der Waals surface area (Å²) in [5.41, 5.74) is 3.64. The van der Waals surface area contributed by atoms with Gasteiger partial charge in [-0.15, -0.1) is 45.3 Å². The van der Waals surface area contributed by atoms with Crippen molar-refractivity contribution in [1.82, 2.24) is 38.2 Å². The van der Waals surface area contributed by atoms with E-state index in [0.717, 1.165) is 115 Å². The summed E-state index contributed by atoms with van der Waals surface area (Å²) in [7, 11) is -7.77. The zero-order chi connectivity index (χ0) is 54.9. The molecular formula is C68H46N8OS4Si2. The van der Waals surface area contributed by atoms with Gasteiger partial charge in [-0.1, -0.05) is 121 Å². The van der Waals surface area contributed by atoms with Crippen LogP contribution < -0.4 is 31.1 Å². The van der Waals surface area contributed by atoms with Crippen LogP contribution in [0.25, 0.3) is 83.6 Å². The molecule has 83 heavy (non-hydrogen) atoms. The van der Waals surface area contributed by atoms with Gasteiger partial charge in [-0.3, -0.25) is 18.3 Å². The molecule has 396 valence electrons. The maximum Gasteiger partial charge on any atom is 0.280 e. The third-order valence-corrected chi connectivity index (χ3v) is 30.1. The minimum atomic E-state index is -3.89. The summed E-state index contributed by atoms with van der Waals surface area (Å²) in [4.78, 5) is 24.3. The highest BCUT2D eigenvalue weighted by atomic mass is 32.1. The van der Waals surface area contributed by atoms with Crippen molar-refractivity contribution in [3.63, 3.8) is 0 Å². The van der Waals surface area contributed by atoms with Crippen molar-refractivity contribution in [3.8, 4) is 39.5 Å². The van der Waals surface area contributed by atoms with Crippen LogP contribution in [0.3, 0.4) is 0 Å². The molecule has 0 atom stereocenters. The number of aromatic nitrogens is 8. The lowest BCUT2D eigenvalue weighted by molar-refractivity contribution is 0.601. The lowest BCUT2D eigenvalue weighted by Crippen LogP contribution is -2.81. The van der Waals surface area contributed by atoms with Gasteiger partial charge in [-0.25, -0.2) is 19.9 Å². The largest absolute Gasteiger partial charge is 0.435 e. The molecule has 0 aliphatic rings. The van der Waals surface area contributed by atoms with Crippen molar-refractivity contribution in [3.05, 3.63) is 280 Å². The van der Waals surface area contributed by atoms with Crippen molar-refractivity contribution in [2.45, 2.75) is 0 Å². The Morgan fingerprint density at radius 2 is 0.590 bits per heavy atom. The Morgan fingerprint density at radius 3 is 0.904 bits per heavy atom. The lowest BCUT2D eigenvalue weighted by Gasteiger charge is -2.44. The van der Waals surface area contributed by atoms with Crippen molar-refractivity contribution < 1.29 is 4.12 Å². The molecule has 16 rings (SSSR count). The normalized spacial score (nSPS) is 12.1. The van der Waals surface area contributed by atoms with Gasteiger partial charge < -0.3 is 4.12 Å². The summed E-state index contributed by atoms with van der Waals surface area (Å²) in [5.74, 6) is 0. The minimum Gasteiger partial charge on any atom is -0.435 e. The first-order valence-electron chi connectivity index (χ1n) is 27.2. The monoisotopic (exact) mass is 1170 g/mol. The second kappa shape index (κ2) is 20.4. The topological polar surface area (TPSA) is 80.5 Å². The van der Waals surface area contributed by atoms with E-state index in [2.05, 4.69) is 249 Å². The Kier molecular flexibility index (Phi) is 12.2. The second-order valence-corrected chi connectivity index (χ2v) is 31.4. The van der Waals surface area contributed by atoms with E-state index in [0.29, 0.717) is 0 Å². The molecule has 0 saturated heterocycles. The predicted molar refractivity (Wildman–Crippen MR) is 350 cm³/mol. The highest BCUT2D eigenvalue weighted by Crippen LogP contribution is 2.42. The molecule has 0 fully saturated rings. The van der Waals surface area contributed by atoms with Gasteiger partial charge in [0.15, 0.2) is 0 Å². The molecule has 0 spiro atoms. The number of nitrogens with zero attached hydrogens (tertiary/aromatic N) is 8. The van der Waals surface area contributed by atoms with E-state index in [1.807, 2.05) is 49.1 Å². The molecule has 0 amide bonds. The van der Waals surface area contributed by atoms with Gasteiger partial charge in [0.2, 0.25) is 0 Å². The summed E-state index contributed by atoms with van der Waals surface area (Å²) in [6, 6.07) is 83.7. The summed E-state index contributed by atoms with van der Waals surface area (Å²) >= 11 is 7.16. The van der Waals surface area contributed by atoms with Gasteiger partial charge in [-0.05, 0) is 140 Å². The SMILES string of the molecule is c1ccc([Si](O[Si](c2ccccc2)(c2ccccc2)c2cc(-n3ccc4cccnc43)sc2-c2ccc(-n3ccc4cccnc43)s2)(c2ccccc2)c2cc(-n3ccc4cccnc43)sc2-c2ccc(-n3ccc4cccnc43)s2)cc1. The van der Waals surface area contributed by atoms with Crippen molar-refractivity contribution in [2.75, 3.05) is 0 Å². The molecule has 0 unspecified atom stereocenters. The molecule has 16 aromatic rings. The van der Waals surface area contributed by atoms with Crippen molar-refractivity contribution >= 4 is 137 Å². The molecule has 4 aromatic carbocycles. The van der Waals surface area contributed by atoms with E-state index in [-0.39, 0.29) is 0 Å². The summed E-state index contributed by atoms with van der Waals surface area (Å²) in [6.45, 7) is 0. The predicted octanol–water partition coefficient (Wildman–Crippen LogP) is 13.3. The Morgan fingerprint density at radius 1 is 0.289 bits per heavy atom. The minimum absolute atomic E-state index is 0.898. The molecule has 9 nitrogen and oxygen atoms in total. The molecule has 12 aromatic heterocycles. The molecule has 0 saturated carbocycles. The molecular weight excluding hydrogens is 1130 g/mol. The van der Waals surface area contributed by atoms with Crippen LogP contribution in [0.4, 0.5) is 0 Å². The highest BCUT2D eigenvalue weighted by molar-refractivity contribution is 7.30. The zero-order valence-electron chi connectivity index (χ0n) is 44.2. The van der Waals surface area contributed by atoms with Gasteiger partial charge in [0, 0.05) is 90.6 Å². The molecule has 0 radical (unpaired) electrons. The van der Waals surface area contributed by atoms with Crippen LogP contribution in [0.15, 0.2) is 280 Å². The number of benzene rings is 4. The van der Waals surface area contributed by atoms with E-state index in [9.17, 15) is 4.12 Å². The van der Waals surface area contributed by atoms with Crippen LogP contribution in [-0.2, 0) is 4.12 Å². The molecule has 15 heteroatoms. The summed E-state index contributed by atoms with van der Waals surface area (Å²) < 4.78 is 18.3. The number of rotatable bonds is 14. The first-order chi connectivity index (χ1) is 41.1. The third kappa shape index (κ3) is 8.22. The zero-order valence-corrected chi connectivity index (χ0v) is 49.4. The smallest absolute Gasteiger partial charge is 0.280 e. The van der Waals surface area contributed by atoms with Crippen LogP contribution >= 0.6 is 45.3 Å². The quantitative estimate of drug-likeness (QED) is 0.101. The Labute approximate surface area is 495 Å². The van der Waals surface area contributed by atoms with E-state index in [1.165, 1.54) is 0 Å². The van der Waals surface area contributed by atoms with Crippen LogP contribution in [0.1, 0.15) is 0 Å². The average Bonchev–Trinajstić information content (AvgIpc) is 2.81. The fourth-order valence-corrected chi connectivity index (χ4v) is 28.5. The number of pyridine rings is 4. The Hall–Kier alpha value is -9.17. The van der Waals surface area contributed by atoms with Crippen molar-refractivity contribution in [2.24, 2.45) is 0 Å². The average molecular weight is 1180 g/mol. The van der Waals surface area contributed by atoms with Crippen LogP contribution in [0, 0.1) is 0 Å². The lowest BCUT2D eigenvalue weighted by atomic mass is 10.3. The number of thiophene rings is 4. The fourth-order valence-electron chi connectivity index (χ4n) is 11.8. The highest BCUT2D eigenvalue weighted by Gasteiger charge is 2.55. The molecule has 0 N–H and O–H groups in total. The molecule has 0 aliphatic carbocycles. The van der Waals surface area contributed by atoms with Crippen LogP contribution in [0.2, 0.25) is 0 Å². The molecule has 0 aliphatic heterocycles. The van der Waals surface area contributed by atoms with Crippen molar-refractivity contribution in [1.29, 1.82) is 0 Å². The maximum absolute atomic E-state index is 9.40. The standard InChI is InChI=1S/C68H46N8OS4Si2/c1-5-21-51(22-6-1)82(52-23-7-2-8-24-52,57-45-61(75-43-35-49-19-15-39-71-67(49)75)80-63(57)55-29-31-59(78-55)73-41-33-47-17-13-37-69-65(47)73)77-83(53-25-9-3-10-26-53,54-27-11-4-12-28-54)58-46-62(76-44-36-50-20-16-40-72-68(50)76)81-64(58)56-30-32-60(79-56)74-42-34-48-18-14-38-70-66(48)74/h1-46H. The van der Waals surface area contributed by atoms with E-state index < -0.39 is 16.6 Å². The van der Waals surface area contributed by atoms with E-state index in [4.69, 9.17) is 19.9 Å². The Bertz CT molecular complexity index is 4610. The molecule has 0 bridgehead atoms. The second-order valence-electron chi connectivity index (χ2n) is 20.3. The van der Waals surface area contributed by atoms with Crippen LogP contribution in [-0.4, -0.2) is 54.8 Å². The van der Waals surface area contributed by atoms with Gasteiger partial charge in [-0.2, -0.15) is 0 Å². The van der Waals surface area contributed by atoms with Crippen LogP contribution in [0.5, 0.6) is 0 Å². The fraction of sp³-hybridized carbons (Fsp3) is 0. The first-order valence-corrected chi connectivity index (χ1v) is 34.3. The molecule has 12 heterocycles. The van der Waals surface area contributed by atoms with Gasteiger partial charge in [0.25, 0.3) is 16.6 Å². The number of hydrogen-bond donors (Lipinski definition) is 0. The maximum atomic E-state index is 9.40. The summed E-state index contributed by atoms with van der Waals surface area (Å²) in [5, 5.41) is 15.4.